The smallest absolute Gasteiger partial charge is 0.192 e. The van der Waals surface area contributed by atoms with Gasteiger partial charge in [0.25, 0.3) is 0 Å². The monoisotopic (exact) mass is 333 g/mol. The molecular weight excluding hydrogens is 298 g/mol. The standard InChI is InChI=1S/C16H35NO2SSi/c1-11-12-16(8,17-20(18)14(2,3)4)13-19-21(9,10)15(5,6)7/h11,17H,1,12-13H2,2-10H3/t16-,20?/m1/s1. The molecule has 0 aromatic rings. The Labute approximate surface area is 135 Å². The summed E-state index contributed by atoms with van der Waals surface area (Å²) in [5.74, 6) is 0. The van der Waals surface area contributed by atoms with E-state index in [0.29, 0.717) is 6.61 Å². The average Bonchev–Trinajstić information content (AvgIpc) is 2.24. The minimum Gasteiger partial charge on any atom is -0.415 e. The van der Waals surface area contributed by atoms with Gasteiger partial charge in [-0.05, 0) is 52.2 Å². The zero-order valence-electron chi connectivity index (χ0n) is 15.4. The largest absolute Gasteiger partial charge is 0.415 e. The van der Waals surface area contributed by atoms with E-state index in [0.717, 1.165) is 6.42 Å². The number of nitrogens with one attached hydrogen (secondary N) is 1. The van der Waals surface area contributed by atoms with E-state index >= 15 is 0 Å². The predicted molar refractivity (Wildman–Crippen MR) is 97.4 cm³/mol. The average molecular weight is 334 g/mol. The molecule has 0 radical (unpaired) electrons. The molecule has 0 aliphatic heterocycles. The summed E-state index contributed by atoms with van der Waals surface area (Å²) in [6.45, 7) is 23.5. The first-order valence-corrected chi connectivity index (χ1v) is 11.6. The van der Waals surface area contributed by atoms with E-state index in [1.165, 1.54) is 0 Å². The summed E-state index contributed by atoms with van der Waals surface area (Å²) in [5, 5.41) is 0.172. The predicted octanol–water partition coefficient (Wildman–Crippen LogP) is 4.39. The Morgan fingerprint density at radius 1 is 1.14 bits per heavy atom. The van der Waals surface area contributed by atoms with E-state index in [2.05, 4.69) is 52.1 Å². The molecule has 3 nitrogen and oxygen atoms in total. The molecule has 0 rings (SSSR count). The summed E-state index contributed by atoms with van der Waals surface area (Å²) >= 11 is 0. The van der Waals surface area contributed by atoms with Gasteiger partial charge in [0, 0.05) is 0 Å². The van der Waals surface area contributed by atoms with Gasteiger partial charge in [0.15, 0.2) is 8.32 Å². The highest BCUT2D eigenvalue weighted by Crippen LogP contribution is 2.37. The molecule has 0 fully saturated rings. The lowest BCUT2D eigenvalue weighted by molar-refractivity contribution is 0.200. The maximum absolute atomic E-state index is 12.4. The van der Waals surface area contributed by atoms with Crippen LogP contribution in [0.2, 0.25) is 18.1 Å². The van der Waals surface area contributed by atoms with Crippen molar-refractivity contribution in [3.63, 3.8) is 0 Å². The second-order valence-electron chi connectivity index (χ2n) is 8.59. The van der Waals surface area contributed by atoms with Crippen LogP contribution in [0.4, 0.5) is 0 Å². The van der Waals surface area contributed by atoms with Gasteiger partial charge in [0.05, 0.1) is 27.9 Å². The van der Waals surface area contributed by atoms with Crippen molar-refractivity contribution < 1.29 is 8.63 Å². The van der Waals surface area contributed by atoms with Gasteiger partial charge in [-0.1, -0.05) is 26.8 Å². The van der Waals surface area contributed by atoms with Crippen LogP contribution in [0.3, 0.4) is 0 Å². The molecule has 0 amide bonds. The van der Waals surface area contributed by atoms with Gasteiger partial charge in [-0.2, -0.15) is 0 Å². The highest BCUT2D eigenvalue weighted by atomic mass is 32.2. The number of rotatable bonds is 7. The molecule has 0 saturated carbocycles. The minimum atomic E-state index is -1.81. The van der Waals surface area contributed by atoms with Crippen molar-refractivity contribution in [1.82, 2.24) is 4.72 Å². The third kappa shape index (κ3) is 6.76. The zero-order chi connectivity index (χ0) is 17.1. The van der Waals surface area contributed by atoms with Gasteiger partial charge in [-0.25, -0.2) is 8.93 Å². The van der Waals surface area contributed by atoms with Crippen LogP contribution in [-0.2, 0) is 15.4 Å². The third-order valence-electron chi connectivity index (χ3n) is 4.05. The van der Waals surface area contributed by atoms with Crippen molar-refractivity contribution in [2.45, 2.75) is 83.3 Å². The lowest BCUT2D eigenvalue weighted by Crippen LogP contribution is -2.54. The third-order valence-corrected chi connectivity index (χ3v) is 10.3. The Kier molecular flexibility index (Phi) is 7.08. The Morgan fingerprint density at radius 3 is 1.95 bits per heavy atom. The van der Waals surface area contributed by atoms with Crippen molar-refractivity contribution in [2.75, 3.05) is 6.61 Å². The van der Waals surface area contributed by atoms with E-state index in [4.69, 9.17) is 4.43 Å². The molecule has 1 N–H and O–H groups in total. The van der Waals surface area contributed by atoms with E-state index in [-0.39, 0.29) is 15.3 Å². The summed E-state index contributed by atoms with van der Waals surface area (Å²) in [6, 6.07) is 0. The van der Waals surface area contributed by atoms with Gasteiger partial charge in [-0.15, -0.1) is 6.58 Å². The Morgan fingerprint density at radius 2 is 1.62 bits per heavy atom. The maximum Gasteiger partial charge on any atom is 0.192 e. The SMILES string of the molecule is C=CC[C@](C)(CO[Si](C)(C)C(C)(C)C)NS(=O)C(C)(C)C. The molecule has 0 heterocycles. The van der Waals surface area contributed by atoms with Crippen LogP contribution in [0.5, 0.6) is 0 Å². The molecule has 0 aliphatic rings. The highest BCUT2D eigenvalue weighted by Gasteiger charge is 2.39. The lowest BCUT2D eigenvalue weighted by atomic mass is 10.0. The van der Waals surface area contributed by atoms with Crippen LogP contribution in [0.25, 0.3) is 0 Å². The molecule has 0 aliphatic carbocycles. The number of hydrogen-bond donors (Lipinski definition) is 1. The first-order chi connectivity index (χ1) is 9.15. The topological polar surface area (TPSA) is 38.3 Å². The molecule has 5 heteroatoms. The maximum atomic E-state index is 12.4. The van der Waals surface area contributed by atoms with Crippen molar-refractivity contribution in [3.05, 3.63) is 12.7 Å². The van der Waals surface area contributed by atoms with Crippen molar-refractivity contribution in [3.8, 4) is 0 Å². The summed E-state index contributed by atoms with van der Waals surface area (Å²) < 4.78 is 21.7. The quantitative estimate of drug-likeness (QED) is 0.554. The van der Waals surface area contributed by atoms with Gasteiger partial charge in [-0.3, -0.25) is 0 Å². The number of hydrogen-bond acceptors (Lipinski definition) is 2. The Hall–Kier alpha value is 0.0269. The van der Waals surface area contributed by atoms with E-state index in [1.807, 2.05) is 26.8 Å². The molecule has 0 aromatic heterocycles. The fourth-order valence-electron chi connectivity index (χ4n) is 1.38. The molecule has 0 aromatic carbocycles. The first kappa shape index (κ1) is 21.0. The first-order valence-electron chi connectivity index (χ1n) is 7.59. The summed E-state index contributed by atoms with van der Waals surface area (Å²) in [7, 11) is -2.93. The molecule has 0 spiro atoms. The molecule has 21 heavy (non-hydrogen) atoms. The van der Waals surface area contributed by atoms with Crippen LogP contribution in [0.1, 0.15) is 54.9 Å². The van der Waals surface area contributed by atoms with Crippen molar-refractivity contribution in [2.24, 2.45) is 0 Å². The fourth-order valence-corrected chi connectivity index (χ4v) is 3.39. The van der Waals surface area contributed by atoms with Crippen LogP contribution in [0.15, 0.2) is 12.7 Å². The molecular formula is C16H35NO2SSi. The van der Waals surface area contributed by atoms with E-state index in [1.54, 1.807) is 0 Å². The van der Waals surface area contributed by atoms with Crippen LogP contribution >= 0.6 is 0 Å². The van der Waals surface area contributed by atoms with Gasteiger partial charge < -0.3 is 4.43 Å². The van der Waals surface area contributed by atoms with Crippen molar-refractivity contribution >= 4 is 19.3 Å². The van der Waals surface area contributed by atoms with Crippen LogP contribution in [0, 0.1) is 0 Å². The summed E-state index contributed by atoms with van der Waals surface area (Å²) in [5.41, 5.74) is -0.352. The molecule has 1 unspecified atom stereocenters. The lowest BCUT2D eigenvalue weighted by Gasteiger charge is -2.40. The Bertz CT molecular complexity index is 383. The van der Waals surface area contributed by atoms with Crippen molar-refractivity contribution in [1.29, 1.82) is 0 Å². The van der Waals surface area contributed by atoms with Gasteiger partial charge in [0.1, 0.15) is 0 Å². The van der Waals surface area contributed by atoms with E-state index < -0.39 is 19.3 Å². The molecule has 126 valence electrons. The fraction of sp³-hybridized carbons (Fsp3) is 0.875. The van der Waals surface area contributed by atoms with Gasteiger partial charge in [0.2, 0.25) is 0 Å². The minimum absolute atomic E-state index is 0.172. The summed E-state index contributed by atoms with van der Waals surface area (Å²) in [6.07, 6.45) is 2.59. The van der Waals surface area contributed by atoms with E-state index in [9.17, 15) is 4.21 Å². The normalized spacial score (nSPS) is 18.1. The molecule has 0 saturated heterocycles. The van der Waals surface area contributed by atoms with Gasteiger partial charge >= 0.3 is 0 Å². The second-order valence-corrected chi connectivity index (χ2v) is 15.4. The molecule has 2 atom stereocenters. The van der Waals surface area contributed by atoms with Crippen LogP contribution < -0.4 is 4.72 Å². The molecule has 0 bridgehead atoms. The summed E-state index contributed by atoms with van der Waals surface area (Å²) in [4.78, 5) is 0. The van der Waals surface area contributed by atoms with Crippen LogP contribution in [-0.4, -0.2) is 29.4 Å². The zero-order valence-corrected chi connectivity index (χ0v) is 17.2. The second kappa shape index (κ2) is 7.07. The Balaban J connectivity index is 4.99. The highest BCUT2D eigenvalue weighted by molar-refractivity contribution is 7.84.